The van der Waals surface area contributed by atoms with Crippen LogP contribution >= 0.6 is 0 Å². The number of carbonyl (C=O) groups is 1. The minimum Gasteiger partial charge on any atom is -0.507 e. The van der Waals surface area contributed by atoms with E-state index in [4.69, 9.17) is 4.74 Å². The highest BCUT2D eigenvalue weighted by Gasteiger charge is 2.18. The molecule has 0 aliphatic carbocycles. The second-order valence-electron chi connectivity index (χ2n) is 3.24. The number of aromatic nitrogens is 1. The van der Waals surface area contributed by atoms with E-state index in [0.717, 1.165) is 0 Å². The Hall–Kier alpha value is -1.82. The van der Waals surface area contributed by atoms with E-state index in [9.17, 15) is 14.7 Å². The van der Waals surface area contributed by atoms with Crippen LogP contribution in [-0.2, 0) is 16.1 Å². The Kier molecular flexibility index (Phi) is 4.71. The van der Waals surface area contributed by atoms with Crippen LogP contribution in [0.15, 0.2) is 10.9 Å². The maximum absolute atomic E-state index is 11.6. The van der Waals surface area contributed by atoms with E-state index in [1.54, 1.807) is 6.92 Å². The van der Waals surface area contributed by atoms with Gasteiger partial charge in [-0.25, -0.2) is 4.79 Å². The van der Waals surface area contributed by atoms with Gasteiger partial charge in [0.25, 0.3) is 5.56 Å². The smallest absolute Gasteiger partial charge is 0.347 e. The van der Waals surface area contributed by atoms with Crippen molar-refractivity contribution in [3.05, 3.63) is 27.7 Å². The minimum atomic E-state index is -0.839. The Labute approximate surface area is 98.2 Å². The van der Waals surface area contributed by atoms with Crippen LogP contribution in [0, 0.1) is 0 Å². The van der Waals surface area contributed by atoms with Crippen molar-refractivity contribution in [3.8, 4) is 5.75 Å². The van der Waals surface area contributed by atoms with E-state index in [0.29, 0.717) is 12.3 Å². The number of rotatable bonds is 5. The predicted molar refractivity (Wildman–Crippen MR) is 60.0 cm³/mol. The van der Waals surface area contributed by atoms with Crippen molar-refractivity contribution in [1.82, 2.24) is 4.98 Å². The fourth-order valence-corrected chi connectivity index (χ4v) is 1.29. The first-order valence-electron chi connectivity index (χ1n) is 5.30. The molecule has 6 nitrogen and oxygen atoms in total. The van der Waals surface area contributed by atoms with E-state index in [-0.39, 0.29) is 18.8 Å². The lowest BCUT2D eigenvalue weighted by atomic mass is 10.2. The van der Waals surface area contributed by atoms with Gasteiger partial charge >= 0.3 is 5.97 Å². The maximum atomic E-state index is 11.6. The number of esters is 1. The van der Waals surface area contributed by atoms with Gasteiger partial charge in [-0.05, 0) is 13.8 Å². The lowest BCUT2D eigenvalue weighted by Crippen LogP contribution is -2.21. The summed E-state index contributed by atoms with van der Waals surface area (Å²) < 4.78 is 9.74. The molecule has 1 heterocycles. The van der Waals surface area contributed by atoms with Gasteiger partial charge in [0, 0.05) is 18.4 Å². The average molecular weight is 241 g/mol. The number of hydrogen-bond acceptors (Lipinski definition) is 5. The molecule has 94 valence electrons. The molecule has 0 aliphatic rings. The summed E-state index contributed by atoms with van der Waals surface area (Å²) in [5, 5.41) is 9.59. The zero-order chi connectivity index (χ0) is 12.8. The van der Waals surface area contributed by atoms with Crippen LogP contribution in [0.5, 0.6) is 5.75 Å². The van der Waals surface area contributed by atoms with Crippen LogP contribution in [0.25, 0.3) is 0 Å². The average Bonchev–Trinajstić information content (AvgIpc) is 2.25. The molecule has 0 fully saturated rings. The Bertz CT molecular complexity index is 452. The number of aromatic amines is 1. The van der Waals surface area contributed by atoms with Gasteiger partial charge in [-0.15, -0.1) is 0 Å². The zero-order valence-corrected chi connectivity index (χ0v) is 9.78. The lowest BCUT2D eigenvalue weighted by Gasteiger charge is -2.06. The topological polar surface area (TPSA) is 88.6 Å². The van der Waals surface area contributed by atoms with Gasteiger partial charge in [-0.2, -0.15) is 0 Å². The molecule has 1 aromatic heterocycles. The van der Waals surface area contributed by atoms with Gasteiger partial charge in [0.15, 0.2) is 5.56 Å². The number of nitrogens with one attached hydrogen (secondary N) is 1. The van der Waals surface area contributed by atoms with Gasteiger partial charge < -0.3 is 19.6 Å². The number of aromatic hydroxyl groups is 1. The molecular formula is C11H15NO5. The molecule has 0 atom stereocenters. The monoisotopic (exact) mass is 241 g/mol. The van der Waals surface area contributed by atoms with Gasteiger partial charge in [0.1, 0.15) is 5.75 Å². The first-order valence-corrected chi connectivity index (χ1v) is 5.30. The molecule has 1 aromatic rings. The fourth-order valence-electron chi connectivity index (χ4n) is 1.29. The molecule has 0 aliphatic heterocycles. The fraction of sp³-hybridized carbons (Fsp3) is 0.455. The summed E-state index contributed by atoms with van der Waals surface area (Å²) in [5.41, 5.74) is -0.660. The molecule has 1 rings (SSSR count). The molecule has 6 heteroatoms. The third-order valence-corrected chi connectivity index (χ3v) is 2.01. The van der Waals surface area contributed by atoms with Gasteiger partial charge in [0.05, 0.1) is 13.2 Å². The SMILES string of the molecule is CCOCc1cc(O)c(C(=O)OCC)c(=O)[nH]1. The Balaban J connectivity index is 3.02. The van der Waals surface area contributed by atoms with Crippen LogP contribution in [-0.4, -0.2) is 29.3 Å². The molecule has 0 aromatic carbocycles. The van der Waals surface area contributed by atoms with Crippen LogP contribution in [0.3, 0.4) is 0 Å². The summed E-state index contributed by atoms with van der Waals surface area (Å²) in [5.74, 6) is -1.24. The molecule has 0 radical (unpaired) electrons. The first-order chi connectivity index (χ1) is 8.10. The van der Waals surface area contributed by atoms with E-state index in [2.05, 4.69) is 9.72 Å². The Morgan fingerprint density at radius 3 is 2.65 bits per heavy atom. The third-order valence-electron chi connectivity index (χ3n) is 2.01. The molecule has 17 heavy (non-hydrogen) atoms. The summed E-state index contributed by atoms with van der Waals surface area (Å²) in [6.45, 7) is 4.22. The lowest BCUT2D eigenvalue weighted by molar-refractivity contribution is 0.0520. The summed E-state index contributed by atoms with van der Waals surface area (Å²) in [6.07, 6.45) is 0. The van der Waals surface area contributed by atoms with Crippen LogP contribution in [0.2, 0.25) is 0 Å². The summed E-state index contributed by atoms with van der Waals surface area (Å²) in [4.78, 5) is 25.4. The number of ether oxygens (including phenoxy) is 2. The summed E-state index contributed by atoms with van der Waals surface area (Å²) in [6, 6.07) is 1.28. The second-order valence-corrected chi connectivity index (χ2v) is 3.24. The molecule has 0 saturated carbocycles. The van der Waals surface area contributed by atoms with Crippen molar-refractivity contribution in [2.75, 3.05) is 13.2 Å². The number of pyridine rings is 1. The first kappa shape index (κ1) is 13.2. The van der Waals surface area contributed by atoms with Crippen LogP contribution in [0.4, 0.5) is 0 Å². The van der Waals surface area contributed by atoms with Crippen molar-refractivity contribution < 1.29 is 19.4 Å². The van der Waals surface area contributed by atoms with Crippen molar-refractivity contribution in [1.29, 1.82) is 0 Å². The molecule has 2 N–H and O–H groups in total. The highest BCUT2D eigenvalue weighted by atomic mass is 16.5. The van der Waals surface area contributed by atoms with Crippen molar-refractivity contribution >= 4 is 5.97 Å². The zero-order valence-electron chi connectivity index (χ0n) is 9.78. The number of hydrogen-bond donors (Lipinski definition) is 2. The van der Waals surface area contributed by atoms with Crippen LogP contribution in [0.1, 0.15) is 29.9 Å². The second kappa shape index (κ2) is 6.05. The molecule has 0 amide bonds. The number of H-pyrrole nitrogens is 1. The highest BCUT2D eigenvalue weighted by molar-refractivity contribution is 5.91. The molecular weight excluding hydrogens is 226 g/mol. The van der Waals surface area contributed by atoms with Gasteiger partial charge in [-0.1, -0.05) is 0 Å². The van der Waals surface area contributed by atoms with Gasteiger partial charge in [-0.3, -0.25) is 4.79 Å². The molecule has 0 saturated heterocycles. The minimum absolute atomic E-state index is 0.137. The highest BCUT2D eigenvalue weighted by Crippen LogP contribution is 2.14. The van der Waals surface area contributed by atoms with E-state index in [1.165, 1.54) is 6.07 Å². The number of carbonyl (C=O) groups excluding carboxylic acids is 1. The molecule has 0 bridgehead atoms. The van der Waals surface area contributed by atoms with Crippen molar-refractivity contribution in [2.24, 2.45) is 0 Å². The third kappa shape index (κ3) is 3.32. The maximum Gasteiger partial charge on any atom is 0.347 e. The predicted octanol–water partition coefficient (Wildman–Crippen LogP) is 0.794. The Morgan fingerprint density at radius 2 is 2.12 bits per heavy atom. The molecule has 0 spiro atoms. The largest absolute Gasteiger partial charge is 0.507 e. The van der Waals surface area contributed by atoms with Gasteiger partial charge in [0.2, 0.25) is 0 Å². The summed E-state index contributed by atoms with van der Waals surface area (Å²) >= 11 is 0. The van der Waals surface area contributed by atoms with Crippen LogP contribution < -0.4 is 5.56 Å². The van der Waals surface area contributed by atoms with Crippen molar-refractivity contribution in [2.45, 2.75) is 20.5 Å². The standard InChI is InChI=1S/C11H15NO5/c1-3-16-6-7-5-8(13)9(10(14)12-7)11(15)17-4-2/h5H,3-4,6H2,1-2H3,(H2,12,13,14). The Morgan fingerprint density at radius 1 is 1.41 bits per heavy atom. The van der Waals surface area contributed by atoms with Crippen molar-refractivity contribution in [3.63, 3.8) is 0 Å². The quantitative estimate of drug-likeness (QED) is 0.744. The van der Waals surface area contributed by atoms with E-state index < -0.39 is 17.3 Å². The normalized spacial score (nSPS) is 10.2. The summed E-state index contributed by atoms with van der Waals surface area (Å²) in [7, 11) is 0. The van der Waals surface area contributed by atoms with E-state index in [1.807, 2.05) is 6.92 Å². The molecule has 0 unspecified atom stereocenters. The van der Waals surface area contributed by atoms with E-state index >= 15 is 0 Å².